The van der Waals surface area contributed by atoms with Crippen molar-refractivity contribution in [2.24, 2.45) is 5.92 Å². The number of ether oxygens (including phenoxy) is 1. The SMILES string of the molecule is C=CCC1C(=O)C(C(=O)OC)=CC(C(=S)N(C)C)=C1Cl. The third kappa shape index (κ3) is 3.16. The third-order valence-electron chi connectivity index (χ3n) is 2.88. The van der Waals surface area contributed by atoms with E-state index < -0.39 is 11.9 Å². The molecule has 1 atom stereocenters. The van der Waals surface area contributed by atoms with Crippen LogP contribution in [-0.2, 0) is 14.3 Å². The topological polar surface area (TPSA) is 46.6 Å². The predicted molar refractivity (Wildman–Crippen MR) is 82.6 cm³/mol. The van der Waals surface area contributed by atoms with E-state index in [2.05, 4.69) is 11.3 Å². The van der Waals surface area contributed by atoms with Crippen LogP contribution in [0.5, 0.6) is 0 Å². The quantitative estimate of drug-likeness (QED) is 0.345. The molecule has 0 spiro atoms. The molecule has 0 aromatic rings. The van der Waals surface area contributed by atoms with Crippen molar-refractivity contribution in [3.05, 3.63) is 34.9 Å². The number of esters is 1. The van der Waals surface area contributed by atoms with Crippen molar-refractivity contribution in [3.8, 4) is 0 Å². The van der Waals surface area contributed by atoms with Gasteiger partial charge in [0.05, 0.1) is 13.0 Å². The van der Waals surface area contributed by atoms with Gasteiger partial charge >= 0.3 is 5.97 Å². The highest BCUT2D eigenvalue weighted by atomic mass is 35.5. The fourth-order valence-electron chi connectivity index (χ4n) is 1.83. The molecule has 1 aliphatic rings. The highest BCUT2D eigenvalue weighted by Gasteiger charge is 2.35. The molecule has 0 aliphatic heterocycles. The van der Waals surface area contributed by atoms with Gasteiger partial charge in [-0.25, -0.2) is 4.79 Å². The summed E-state index contributed by atoms with van der Waals surface area (Å²) >= 11 is 11.6. The molecule has 0 saturated heterocycles. The highest BCUT2D eigenvalue weighted by molar-refractivity contribution is 7.80. The second kappa shape index (κ2) is 6.81. The highest BCUT2D eigenvalue weighted by Crippen LogP contribution is 2.33. The van der Waals surface area contributed by atoms with Crippen LogP contribution < -0.4 is 0 Å². The summed E-state index contributed by atoms with van der Waals surface area (Å²) in [4.78, 5) is 26.1. The fourth-order valence-corrected chi connectivity index (χ4v) is 2.38. The molecule has 0 fully saturated rings. The maximum atomic E-state index is 12.3. The first kappa shape index (κ1) is 16.6. The lowest BCUT2D eigenvalue weighted by Crippen LogP contribution is -2.30. The average molecular weight is 314 g/mol. The van der Waals surface area contributed by atoms with Crippen molar-refractivity contribution >= 4 is 40.6 Å². The minimum Gasteiger partial charge on any atom is -0.465 e. The molecule has 0 amide bonds. The Kier molecular flexibility index (Phi) is 5.65. The number of methoxy groups -OCH3 is 1. The van der Waals surface area contributed by atoms with Crippen LogP contribution in [0.1, 0.15) is 6.42 Å². The Labute approximate surface area is 128 Å². The van der Waals surface area contributed by atoms with E-state index in [1.807, 2.05) is 0 Å². The number of carbonyl (C=O) groups excluding carboxylic acids is 2. The number of hydrogen-bond acceptors (Lipinski definition) is 4. The molecule has 0 heterocycles. The average Bonchev–Trinajstić information content (AvgIpc) is 2.42. The maximum absolute atomic E-state index is 12.3. The first-order valence-corrected chi connectivity index (χ1v) is 6.70. The summed E-state index contributed by atoms with van der Waals surface area (Å²) in [6.07, 6.45) is 3.32. The molecule has 0 bridgehead atoms. The Morgan fingerprint density at radius 3 is 2.65 bits per heavy atom. The number of ketones is 1. The molecule has 0 saturated carbocycles. The monoisotopic (exact) mass is 313 g/mol. The van der Waals surface area contributed by atoms with Gasteiger partial charge in [0, 0.05) is 24.7 Å². The Morgan fingerprint density at radius 1 is 1.60 bits per heavy atom. The van der Waals surface area contributed by atoms with E-state index in [9.17, 15) is 9.59 Å². The van der Waals surface area contributed by atoms with Gasteiger partial charge in [-0.05, 0) is 12.5 Å². The molecule has 0 N–H and O–H groups in total. The Morgan fingerprint density at radius 2 is 2.20 bits per heavy atom. The molecule has 6 heteroatoms. The summed E-state index contributed by atoms with van der Waals surface area (Å²) in [5, 5.41) is 0.334. The molecule has 4 nitrogen and oxygen atoms in total. The number of rotatable bonds is 4. The van der Waals surface area contributed by atoms with Gasteiger partial charge in [0.25, 0.3) is 0 Å². The number of thiocarbonyl (C=S) groups is 1. The number of allylic oxidation sites excluding steroid dienone is 2. The Hall–Kier alpha value is -1.46. The van der Waals surface area contributed by atoms with Crippen LogP contribution in [0.4, 0.5) is 0 Å². The maximum Gasteiger partial charge on any atom is 0.341 e. The van der Waals surface area contributed by atoms with Crippen LogP contribution in [0.25, 0.3) is 0 Å². The lowest BCUT2D eigenvalue weighted by Gasteiger charge is -2.25. The molecular weight excluding hydrogens is 298 g/mol. The molecular formula is C14H16ClNO3S. The summed E-state index contributed by atoms with van der Waals surface area (Å²) in [6, 6.07) is 0. The zero-order valence-electron chi connectivity index (χ0n) is 11.6. The standard InChI is InChI=1S/C14H16ClNO3S/c1-5-6-8-11(15)9(13(20)16(2)3)7-10(12(8)17)14(18)19-4/h5,7-8H,1,6H2,2-4H3. The van der Waals surface area contributed by atoms with Crippen molar-refractivity contribution in [2.75, 3.05) is 21.2 Å². The molecule has 0 aromatic heterocycles. The van der Waals surface area contributed by atoms with E-state index in [4.69, 9.17) is 23.8 Å². The van der Waals surface area contributed by atoms with Crippen molar-refractivity contribution < 1.29 is 14.3 Å². The van der Waals surface area contributed by atoms with Gasteiger partial charge in [-0.2, -0.15) is 0 Å². The van der Waals surface area contributed by atoms with Gasteiger partial charge in [0.15, 0.2) is 5.78 Å². The predicted octanol–water partition coefficient (Wildman–Crippen LogP) is 2.24. The van der Waals surface area contributed by atoms with E-state index in [0.717, 1.165) is 0 Å². The van der Waals surface area contributed by atoms with Crippen molar-refractivity contribution in [1.29, 1.82) is 0 Å². The van der Waals surface area contributed by atoms with Crippen molar-refractivity contribution in [3.63, 3.8) is 0 Å². The molecule has 1 unspecified atom stereocenters. The summed E-state index contributed by atoms with van der Waals surface area (Å²) in [5.74, 6) is -1.69. The van der Waals surface area contributed by atoms with Gasteiger partial charge in [-0.3, -0.25) is 4.79 Å². The molecule has 0 aromatic carbocycles. The van der Waals surface area contributed by atoms with Crippen LogP contribution in [0.2, 0.25) is 0 Å². The number of hydrogen-bond donors (Lipinski definition) is 0. The zero-order chi connectivity index (χ0) is 15.4. The second-order valence-corrected chi connectivity index (χ2v) is 5.25. The van der Waals surface area contributed by atoms with E-state index in [-0.39, 0.29) is 11.4 Å². The van der Waals surface area contributed by atoms with E-state index >= 15 is 0 Å². The summed E-state index contributed by atoms with van der Waals surface area (Å²) in [5.41, 5.74) is 0.460. The largest absolute Gasteiger partial charge is 0.465 e. The Bertz CT molecular complexity index is 535. The zero-order valence-corrected chi connectivity index (χ0v) is 13.2. The lowest BCUT2D eigenvalue weighted by atomic mass is 9.86. The minimum absolute atomic E-state index is 0.0389. The van der Waals surface area contributed by atoms with Crippen LogP contribution >= 0.6 is 23.8 Å². The Balaban J connectivity index is 3.39. The van der Waals surface area contributed by atoms with Gasteiger partial charge in [-0.1, -0.05) is 29.9 Å². The normalized spacial score (nSPS) is 18.5. The van der Waals surface area contributed by atoms with Gasteiger partial charge in [0.1, 0.15) is 10.6 Å². The van der Waals surface area contributed by atoms with E-state index in [1.54, 1.807) is 25.1 Å². The first-order chi connectivity index (χ1) is 9.34. The van der Waals surface area contributed by atoms with Crippen molar-refractivity contribution in [2.45, 2.75) is 6.42 Å². The lowest BCUT2D eigenvalue weighted by molar-refractivity contribution is -0.138. The van der Waals surface area contributed by atoms with Gasteiger partial charge in [-0.15, -0.1) is 6.58 Å². The number of nitrogens with zero attached hydrogens (tertiary/aromatic N) is 1. The number of Topliss-reactive ketones (excluding diaryl/α,β-unsaturated/α-hetero) is 1. The first-order valence-electron chi connectivity index (χ1n) is 5.91. The summed E-state index contributed by atoms with van der Waals surface area (Å²) in [7, 11) is 4.76. The third-order valence-corrected chi connectivity index (χ3v) is 3.93. The number of carbonyl (C=O) groups is 2. The molecule has 0 radical (unpaired) electrons. The van der Waals surface area contributed by atoms with Crippen LogP contribution in [0.3, 0.4) is 0 Å². The summed E-state index contributed by atoms with van der Waals surface area (Å²) in [6.45, 7) is 3.61. The molecule has 1 aliphatic carbocycles. The van der Waals surface area contributed by atoms with Crippen molar-refractivity contribution in [1.82, 2.24) is 4.90 Å². The molecule has 108 valence electrons. The summed E-state index contributed by atoms with van der Waals surface area (Å²) < 4.78 is 4.63. The van der Waals surface area contributed by atoms with Crippen LogP contribution in [0, 0.1) is 5.92 Å². The van der Waals surface area contributed by atoms with Crippen LogP contribution in [0.15, 0.2) is 34.9 Å². The van der Waals surface area contributed by atoms with Gasteiger partial charge in [0.2, 0.25) is 0 Å². The molecule has 20 heavy (non-hydrogen) atoms. The number of likely N-dealkylation sites (N-methyl/N-ethyl adjacent to an activating group) is 1. The number of halogens is 1. The van der Waals surface area contributed by atoms with Crippen LogP contribution in [-0.4, -0.2) is 42.8 Å². The second-order valence-electron chi connectivity index (χ2n) is 4.45. The molecule has 1 rings (SSSR count). The van der Waals surface area contributed by atoms with Gasteiger partial charge < -0.3 is 9.64 Å². The smallest absolute Gasteiger partial charge is 0.341 e. The fraction of sp³-hybridized carbons (Fsp3) is 0.357. The van der Waals surface area contributed by atoms with E-state index in [1.165, 1.54) is 13.2 Å². The van der Waals surface area contributed by atoms with E-state index in [0.29, 0.717) is 22.0 Å². The minimum atomic E-state index is -0.688.